The second kappa shape index (κ2) is 6.93. The zero-order valence-electron chi connectivity index (χ0n) is 11.2. The van der Waals surface area contributed by atoms with Gasteiger partial charge in [0.05, 0.1) is 18.8 Å². The van der Waals surface area contributed by atoms with E-state index in [1.165, 1.54) is 0 Å². The van der Waals surface area contributed by atoms with Crippen molar-refractivity contribution in [3.8, 4) is 0 Å². The average Bonchev–Trinajstić information content (AvgIpc) is 2.77. The van der Waals surface area contributed by atoms with Crippen LogP contribution in [0.4, 0.5) is 0 Å². The maximum absolute atomic E-state index is 12.3. The van der Waals surface area contributed by atoms with Crippen LogP contribution in [0.2, 0.25) is 0 Å². The largest absolute Gasteiger partial charge is 0.383 e. The lowest BCUT2D eigenvalue weighted by Crippen LogP contribution is -2.48. The van der Waals surface area contributed by atoms with Crippen LogP contribution in [0.5, 0.6) is 0 Å². The van der Waals surface area contributed by atoms with Crippen molar-refractivity contribution in [3.63, 3.8) is 0 Å². The fraction of sp³-hybridized carbons (Fsp3) is 0.917. The lowest BCUT2D eigenvalue weighted by Gasteiger charge is -2.29. The van der Waals surface area contributed by atoms with Crippen LogP contribution in [0.3, 0.4) is 0 Å². The van der Waals surface area contributed by atoms with Gasteiger partial charge in [-0.2, -0.15) is 0 Å². The number of ether oxygens (including phenoxy) is 2. The molecule has 1 aliphatic heterocycles. The van der Waals surface area contributed by atoms with Gasteiger partial charge in [-0.25, -0.2) is 0 Å². The van der Waals surface area contributed by atoms with E-state index in [1.807, 2.05) is 18.7 Å². The van der Waals surface area contributed by atoms with Gasteiger partial charge in [0, 0.05) is 33.4 Å². The predicted molar refractivity (Wildman–Crippen MR) is 65.9 cm³/mol. The van der Waals surface area contributed by atoms with Crippen LogP contribution in [0.25, 0.3) is 0 Å². The Morgan fingerprint density at radius 1 is 1.47 bits per heavy atom. The van der Waals surface area contributed by atoms with Crippen LogP contribution in [0.15, 0.2) is 0 Å². The number of nitrogens with one attached hydrogen (secondary N) is 1. The highest BCUT2D eigenvalue weighted by atomic mass is 16.5. The molecule has 0 aromatic rings. The first-order chi connectivity index (χ1) is 8.10. The highest BCUT2D eigenvalue weighted by molar-refractivity contribution is 5.82. The quantitative estimate of drug-likeness (QED) is 0.727. The molecule has 1 saturated heterocycles. The van der Waals surface area contributed by atoms with Crippen LogP contribution >= 0.6 is 0 Å². The summed E-state index contributed by atoms with van der Waals surface area (Å²) in [5.41, 5.74) is 0. The van der Waals surface area contributed by atoms with Crippen LogP contribution in [-0.4, -0.2) is 62.9 Å². The Morgan fingerprint density at radius 2 is 2.18 bits per heavy atom. The summed E-state index contributed by atoms with van der Waals surface area (Å²) in [7, 11) is 3.34. The monoisotopic (exact) mass is 244 g/mol. The van der Waals surface area contributed by atoms with Gasteiger partial charge in [-0.3, -0.25) is 4.79 Å². The van der Waals surface area contributed by atoms with Gasteiger partial charge < -0.3 is 19.7 Å². The van der Waals surface area contributed by atoms with E-state index in [9.17, 15) is 4.79 Å². The molecule has 2 unspecified atom stereocenters. The molecule has 0 bridgehead atoms. The third-order valence-electron chi connectivity index (χ3n) is 3.16. The Bertz CT molecular complexity index is 246. The van der Waals surface area contributed by atoms with Crippen molar-refractivity contribution in [2.45, 2.75) is 38.5 Å². The number of rotatable bonds is 6. The molecule has 0 aliphatic carbocycles. The number of methoxy groups -OCH3 is 2. The molecule has 1 heterocycles. The molecule has 0 saturated carbocycles. The second-order valence-corrected chi connectivity index (χ2v) is 4.67. The maximum Gasteiger partial charge on any atom is 0.240 e. The molecule has 1 fully saturated rings. The Balaban J connectivity index is 2.53. The zero-order chi connectivity index (χ0) is 12.8. The fourth-order valence-corrected chi connectivity index (χ4v) is 2.08. The minimum atomic E-state index is -0.112. The first-order valence-electron chi connectivity index (χ1n) is 6.15. The summed E-state index contributed by atoms with van der Waals surface area (Å²) in [5, 5.41) is 3.21. The molecule has 17 heavy (non-hydrogen) atoms. The van der Waals surface area contributed by atoms with Gasteiger partial charge in [-0.05, 0) is 20.3 Å². The lowest BCUT2D eigenvalue weighted by atomic mass is 10.1. The van der Waals surface area contributed by atoms with Crippen LogP contribution in [-0.2, 0) is 14.3 Å². The van der Waals surface area contributed by atoms with Crippen LogP contribution in [0.1, 0.15) is 20.3 Å². The van der Waals surface area contributed by atoms with Gasteiger partial charge in [0.15, 0.2) is 0 Å². The van der Waals surface area contributed by atoms with Gasteiger partial charge in [0.2, 0.25) is 5.91 Å². The summed E-state index contributed by atoms with van der Waals surface area (Å²) in [6.07, 6.45) is 0.909. The van der Waals surface area contributed by atoms with Crippen molar-refractivity contribution in [1.29, 1.82) is 0 Å². The zero-order valence-corrected chi connectivity index (χ0v) is 11.2. The van der Waals surface area contributed by atoms with E-state index in [-0.39, 0.29) is 24.1 Å². The van der Waals surface area contributed by atoms with Gasteiger partial charge in [0.1, 0.15) is 0 Å². The summed E-state index contributed by atoms with van der Waals surface area (Å²) in [5.74, 6) is 0.150. The molecule has 5 heteroatoms. The molecule has 0 radical (unpaired) electrons. The summed E-state index contributed by atoms with van der Waals surface area (Å²) in [4.78, 5) is 14.2. The average molecular weight is 244 g/mol. The number of hydrogen-bond donors (Lipinski definition) is 1. The number of nitrogens with zero attached hydrogens (tertiary/aromatic N) is 1. The summed E-state index contributed by atoms with van der Waals surface area (Å²) >= 11 is 0. The Morgan fingerprint density at radius 3 is 2.65 bits per heavy atom. The van der Waals surface area contributed by atoms with E-state index in [0.717, 1.165) is 13.0 Å². The van der Waals surface area contributed by atoms with E-state index >= 15 is 0 Å². The Labute approximate surface area is 103 Å². The molecule has 1 aliphatic rings. The van der Waals surface area contributed by atoms with Crippen molar-refractivity contribution in [3.05, 3.63) is 0 Å². The van der Waals surface area contributed by atoms with Crippen LogP contribution < -0.4 is 5.32 Å². The standard InChI is InChI=1S/C12H24N2O3/c1-9(2)14(5-6-16-3)12(15)11-7-10(17-4)8-13-11/h9-11,13H,5-8H2,1-4H3. The maximum atomic E-state index is 12.3. The first-order valence-corrected chi connectivity index (χ1v) is 6.15. The molecule has 5 nitrogen and oxygen atoms in total. The molecular weight excluding hydrogens is 220 g/mol. The molecule has 1 amide bonds. The minimum Gasteiger partial charge on any atom is -0.383 e. The van der Waals surface area contributed by atoms with Crippen molar-refractivity contribution in [1.82, 2.24) is 10.2 Å². The van der Waals surface area contributed by atoms with Crippen molar-refractivity contribution in [2.75, 3.05) is 33.9 Å². The van der Waals surface area contributed by atoms with E-state index in [4.69, 9.17) is 9.47 Å². The van der Waals surface area contributed by atoms with E-state index in [2.05, 4.69) is 5.32 Å². The Hall–Kier alpha value is -0.650. The smallest absolute Gasteiger partial charge is 0.240 e. The number of amides is 1. The van der Waals surface area contributed by atoms with Crippen molar-refractivity contribution < 1.29 is 14.3 Å². The van der Waals surface area contributed by atoms with Gasteiger partial charge in [-0.15, -0.1) is 0 Å². The summed E-state index contributed by atoms with van der Waals surface area (Å²) < 4.78 is 10.3. The van der Waals surface area contributed by atoms with E-state index < -0.39 is 0 Å². The van der Waals surface area contributed by atoms with Crippen molar-refractivity contribution >= 4 is 5.91 Å². The van der Waals surface area contributed by atoms with E-state index in [1.54, 1.807) is 14.2 Å². The highest BCUT2D eigenvalue weighted by Gasteiger charge is 2.32. The van der Waals surface area contributed by atoms with Gasteiger partial charge in [0.25, 0.3) is 0 Å². The molecular formula is C12H24N2O3. The molecule has 1 N–H and O–H groups in total. The molecule has 1 rings (SSSR count). The summed E-state index contributed by atoms with van der Waals surface area (Å²) in [6, 6.07) is 0.0836. The SMILES string of the molecule is COCCN(C(=O)C1CC(OC)CN1)C(C)C. The molecule has 0 spiro atoms. The summed E-state index contributed by atoms with van der Waals surface area (Å²) in [6.45, 7) is 6.02. The number of hydrogen-bond acceptors (Lipinski definition) is 4. The second-order valence-electron chi connectivity index (χ2n) is 4.67. The highest BCUT2D eigenvalue weighted by Crippen LogP contribution is 2.13. The normalized spacial score (nSPS) is 24.3. The topological polar surface area (TPSA) is 50.8 Å². The Kier molecular flexibility index (Phi) is 5.88. The third-order valence-corrected chi connectivity index (χ3v) is 3.16. The molecule has 0 aromatic heterocycles. The lowest BCUT2D eigenvalue weighted by molar-refractivity contribution is -0.135. The first kappa shape index (κ1) is 14.4. The van der Waals surface area contributed by atoms with Crippen molar-refractivity contribution in [2.24, 2.45) is 0 Å². The number of carbonyl (C=O) groups excluding carboxylic acids is 1. The van der Waals surface area contributed by atoms with Gasteiger partial charge in [-0.1, -0.05) is 0 Å². The van der Waals surface area contributed by atoms with Crippen LogP contribution in [0, 0.1) is 0 Å². The third kappa shape index (κ3) is 3.94. The molecule has 0 aromatic carbocycles. The molecule has 100 valence electrons. The predicted octanol–water partition coefficient (Wildman–Crippen LogP) is 0.247. The molecule has 2 atom stereocenters. The number of carbonyl (C=O) groups is 1. The fourth-order valence-electron chi connectivity index (χ4n) is 2.08. The minimum absolute atomic E-state index is 0.112. The van der Waals surface area contributed by atoms with E-state index in [0.29, 0.717) is 13.2 Å². The van der Waals surface area contributed by atoms with Gasteiger partial charge >= 0.3 is 0 Å².